The van der Waals surface area contributed by atoms with Crippen molar-refractivity contribution in [2.75, 3.05) is 17.7 Å². The molecular weight excluding hydrogens is 194 g/mol. The minimum atomic E-state index is 0.633. The predicted molar refractivity (Wildman–Crippen MR) is 56.1 cm³/mol. The van der Waals surface area contributed by atoms with Crippen LogP contribution in [0.2, 0.25) is 0 Å². The minimum absolute atomic E-state index is 0.633. The Bertz CT molecular complexity index is 453. The zero-order valence-electron chi connectivity index (χ0n) is 8.48. The van der Waals surface area contributed by atoms with Crippen molar-refractivity contribution in [2.45, 2.75) is 6.92 Å². The van der Waals surface area contributed by atoms with Crippen molar-refractivity contribution in [3.05, 3.63) is 24.2 Å². The second-order valence-corrected chi connectivity index (χ2v) is 2.99. The molecule has 2 N–H and O–H groups in total. The molecule has 0 aromatic carbocycles. The maximum absolute atomic E-state index is 4.92. The number of anilines is 3. The minimum Gasteiger partial charge on any atom is -0.373 e. The molecule has 0 saturated carbocycles. The lowest BCUT2D eigenvalue weighted by Crippen LogP contribution is -1.97. The zero-order chi connectivity index (χ0) is 10.7. The Hall–Kier alpha value is -2.11. The van der Waals surface area contributed by atoms with Gasteiger partial charge in [0.1, 0.15) is 23.7 Å². The standard InChI is InChI=1S/C9H11N5O/c1-6-3-9(14-15-6)13-8-4-7(10-2)11-5-12-8/h3-5H,1-2H3,(H2,10,11,12,13,14). The number of hydrogen-bond donors (Lipinski definition) is 2. The fraction of sp³-hybridized carbons (Fsp3) is 0.222. The molecule has 2 aromatic heterocycles. The lowest BCUT2D eigenvalue weighted by molar-refractivity contribution is 0.400. The Balaban J connectivity index is 2.16. The molecular formula is C9H11N5O. The van der Waals surface area contributed by atoms with E-state index in [9.17, 15) is 0 Å². The molecule has 2 rings (SSSR count). The summed E-state index contributed by atoms with van der Waals surface area (Å²) in [6, 6.07) is 3.57. The SMILES string of the molecule is CNc1cc(Nc2cc(C)on2)ncn1. The lowest BCUT2D eigenvalue weighted by Gasteiger charge is -2.02. The van der Waals surface area contributed by atoms with Crippen molar-refractivity contribution in [1.82, 2.24) is 15.1 Å². The van der Waals surface area contributed by atoms with Crippen LogP contribution >= 0.6 is 0 Å². The maximum Gasteiger partial charge on any atom is 0.175 e. The molecule has 6 heteroatoms. The third kappa shape index (κ3) is 2.22. The predicted octanol–water partition coefficient (Wildman–Crippen LogP) is 1.56. The molecule has 0 atom stereocenters. The highest BCUT2D eigenvalue weighted by molar-refractivity contribution is 5.55. The fourth-order valence-electron chi connectivity index (χ4n) is 1.12. The first-order chi connectivity index (χ1) is 7.28. The van der Waals surface area contributed by atoms with E-state index in [1.54, 1.807) is 19.2 Å². The van der Waals surface area contributed by atoms with Gasteiger partial charge in [0.15, 0.2) is 5.82 Å². The van der Waals surface area contributed by atoms with E-state index in [2.05, 4.69) is 25.8 Å². The van der Waals surface area contributed by atoms with Crippen LogP contribution in [0.4, 0.5) is 17.5 Å². The first-order valence-corrected chi connectivity index (χ1v) is 4.48. The van der Waals surface area contributed by atoms with Crippen LogP contribution in [0.5, 0.6) is 0 Å². The second kappa shape index (κ2) is 3.95. The third-order valence-electron chi connectivity index (χ3n) is 1.81. The van der Waals surface area contributed by atoms with Gasteiger partial charge in [-0.2, -0.15) is 0 Å². The number of aromatic nitrogens is 3. The number of aryl methyl sites for hydroxylation is 1. The number of hydrogen-bond acceptors (Lipinski definition) is 6. The van der Waals surface area contributed by atoms with Crippen molar-refractivity contribution >= 4 is 17.5 Å². The summed E-state index contributed by atoms with van der Waals surface area (Å²) in [6.45, 7) is 1.83. The highest BCUT2D eigenvalue weighted by Gasteiger charge is 2.02. The molecule has 2 heterocycles. The Morgan fingerprint density at radius 1 is 1.13 bits per heavy atom. The Labute approximate surface area is 86.7 Å². The van der Waals surface area contributed by atoms with Gasteiger partial charge in [-0.25, -0.2) is 9.97 Å². The smallest absolute Gasteiger partial charge is 0.175 e. The van der Waals surface area contributed by atoms with Gasteiger partial charge in [-0.3, -0.25) is 0 Å². The molecule has 0 fully saturated rings. The second-order valence-electron chi connectivity index (χ2n) is 2.99. The summed E-state index contributed by atoms with van der Waals surface area (Å²) in [4.78, 5) is 8.05. The van der Waals surface area contributed by atoms with Crippen LogP contribution in [-0.4, -0.2) is 22.2 Å². The molecule has 0 aliphatic heterocycles. The van der Waals surface area contributed by atoms with Gasteiger partial charge in [-0.15, -0.1) is 0 Å². The molecule has 0 unspecified atom stereocenters. The largest absolute Gasteiger partial charge is 0.373 e. The van der Waals surface area contributed by atoms with Crippen molar-refractivity contribution in [3.63, 3.8) is 0 Å². The first-order valence-electron chi connectivity index (χ1n) is 4.48. The average Bonchev–Trinajstić information content (AvgIpc) is 2.64. The molecule has 6 nitrogen and oxygen atoms in total. The van der Waals surface area contributed by atoms with Gasteiger partial charge in [-0.1, -0.05) is 5.16 Å². The number of rotatable bonds is 3. The van der Waals surface area contributed by atoms with Gasteiger partial charge in [0, 0.05) is 19.2 Å². The third-order valence-corrected chi connectivity index (χ3v) is 1.81. The van der Waals surface area contributed by atoms with Gasteiger partial charge in [0.25, 0.3) is 0 Å². The van der Waals surface area contributed by atoms with Crippen molar-refractivity contribution in [3.8, 4) is 0 Å². The summed E-state index contributed by atoms with van der Waals surface area (Å²) in [6.07, 6.45) is 1.47. The van der Waals surface area contributed by atoms with Crippen molar-refractivity contribution in [2.24, 2.45) is 0 Å². The summed E-state index contributed by atoms with van der Waals surface area (Å²) in [7, 11) is 1.80. The van der Waals surface area contributed by atoms with Gasteiger partial charge in [0.2, 0.25) is 0 Å². The number of nitrogens with zero attached hydrogens (tertiary/aromatic N) is 3. The van der Waals surface area contributed by atoms with Crippen LogP contribution in [-0.2, 0) is 0 Å². The molecule has 78 valence electrons. The highest BCUT2D eigenvalue weighted by atomic mass is 16.5. The van der Waals surface area contributed by atoms with E-state index in [1.807, 2.05) is 6.92 Å². The molecule has 0 aliphatic carbocycles. The van der Waals surface area contributed by atoms with Gasteiger partial charge < -0.3 is 15.2 Å². The van der Waals surface area contributed by atoms with Gasteiger partial charge in [0.05, 0.1) is 0 Å². The highest BCUT2D eigenvalue weighted by Crippen LogP contribution is 2.15. The number of nitrogens with one attached hydrogen (secondary N) is 2. The van der Waals surface area contributed by atoms with E-state index in [4.69, 9.17) is 4.52 Å². The monoisotopic (exact) mass is 205 g/mol. The molecule has 0 spiro atoms. The summed E-state index contributed by atoms with van der Waals surface area (Å²) in [5.74, 6) is 2.80. The van der Waals surface area contributed by atoms with E-state index < -0.39 is 0 Å². The maximum atomic E-state index is 4.92. The summed E-state index contributed by atoms with van der Waals surface area (Å²) in [5, 5.41) is 9.73. The zero-order valence-corrected chi connectivity index (χ0v) is 8.48. The van der Waals surface area contributed by atoms with Crippen LogP contribution in [0.15, 0.2) is 23.0 Å². The molecule has 0 amide bonds. The lowest BCUT2D eigenvalue weighted by atomic mass is 10.4. The summed E-state index contributed by atoms with van der Waals surface area (Å²) >= 11 is 0. The van der Waals surface area contributed by atoms with Gasteiger partial charge in [-0.05, 0) is 6.92 Å². The van der Waals surface area contributed by atoms with Crippen LogP contribution in [0.3, 0.4) is 0 Å². The van der Waals surface area contributed by atoms with E-state index >= 15 is 0 Å². The van der Waals surface area contributed by atoms with Crippen LogP contribution in [0.1, 0.15) is 5.76 Å². The fourth-order valence-corrected chi connectivity index (χ4v) is 1.12. The van der Waals surface area contributed by atoms with Crippen molar-refractivity contribution < 1.29 is 4.52 Å². The average molecular weight is 205 g/mol. The summed E-state index contributed by atoms with van der Waals surface area (Å²) < 4.78 is 4.92. The van der Waals surface area contributed by atoms with Crippen LogP contribution in [0.25, 0.3) is 0 Å². The molecule has 0 aliphatic rings. The molecule has 15 heavy (non-hydrogen) atoms. The van der Waals surface area contributed by atoms with Gasteiger partial charge >= 0.3 is 0 Å². The van der Waals surface area contributed by atoms with Crippen LogP contribution in [0, 0.1) is 6.92 Å². The van der Waals surface area contributed by atoms with E-state index in [-0.39, 0.29) is 0 Å². The molecule has 0 radical (unpaired) electrons. The normalized spacial score (nSPS) is 10.0. The quantitative estimate of drug-likeness (QED) is 0.791. The summed E-state index contributed by atoms with van der Waals surface area (Å²) in [5.41, 5.74) is 0. The van der Waals surface area contributed by atoms with Crippen molar-refractivity contribution in [1.29, 1.82) is 0 Å². The topological polar surface area (TPSA) is 75.9 Å². The van der Waals surface area contributed by atoms with Crippen LogP contribution < -0.4 is 10.6 Å². The Morgan fingerprint density at radius 3 is 2.60 bits per heavy atom. The molecule has 0 bridgehead atoms. The Kier molecular flexibility index (Phi) is 2.49. The molecule has 0 saturated heterocycles. The van der Waals surface area contributed by atoms with E-state index in [0.717, 1.165) is 11.6 Å². The first kappa shape index (κ1) is 9.45. The van der Waals surface area contributed by atoms with E-state index in [1.165, 1.54) is 6.33 Å². The van der Waals surface area contributed by atoms with E-state index in [0.29, 0.717) is 11.6 Å². The Morgan fingerprint density at radius 2 is 1.93 bits per heavy atom. The molecule has 2 aromatic rings.